The van der Waals surface area contributed by atoms with Crippen molar-refractivity contribution in [2.45, 2.75) is 26.2 Å². The van der Waals surface area contributed by atoms with Crippen molar-refractivity contribution in [3.8, 4) is 0 Å². The second-order valence-corrected chi connectivity index (χ2v) is 2.52. The van der Waals surface area contributed by atoms with E-state index in [-0.39, 0.29) is 0 Å². The first kappa shape index (κ1) is 7.33. The summed E-state index contributed by atoms with van der Waals surface area (Å²) in [5.74, 6) is 0. The zero-order chi connectivity index (χ0) is 7.23. The molecule has 1 aliphatic carbocycles. The number of hydrogen-bond acceptors (Lipinski definition) is 0. The first-order chi connectivity index (χ1) is 4.93. The van der Waals surface area contributed by atoms with Crippen LogP contribution in [0.4, 0.5) is 0 Å². The molecule has 0 saturated carbocycles. The minimum Gasteiger partial charge on any atom is -0.0845 e. The van der Waals surface area contributed by atoms with Gasteiger partial charge in [-0.2, -0.15) is 0 Å². The molecule has 0 atom stereocenters. The van der Waals surface area contributed by atoms with Gasteiger partial charge in [-0.3, -0.25) is 0 Å². The summed E-state index contributed by atoms with van der Waals surface area (Å²) in [5, 5.41) is 0. The zero-order valence-electron chi connectivity index (χ0n) is 6.51. The fourth-order valence-corrected chi connectivity index (χ4v) is 1.03. The summed E-state index contributed by atoms with van der Waals surface area (Å²) < 4.78 is 0. The lowest BCUT2D eigenvalue weighted by Gasteiger charge is -2.01. The molecule has 0 aliphatic heterocycles. The molecule has 0 aromatic rings. The van der Waals surface area contributed by atoms with E-state index in [1.165, 1.54) is 18.4 Å². The van der Waals surface area contributed by atoms with Crippen LogP contribution in [0.5, 0.6) is 0 Å². The van der Waals surface area contributed by atoms with E-state index in [9.17, 15) is 0 Å². The minimum absolute atomic E-state index is 1.14. The predicted octanol–water partition coefficient (Wildman–Crippen LogP) is 3.23. The van der Waals surface area contributed by atoms with Crippen molar-refractivity contribution < 1.29 is 0 Å². The third-order valence-corrected chi connectivity index (χ3v) is 1.61. The third kappa shape index (κ3) is 2.22. The fourth-order valence-electron chi connectivity index (χ4n) is 1.03. The Morgan fingerprint density at radius 2 is 2.50 bits per heavy atom. The van der Waals surface area contributed by atoms with Crippen molar-refractivity contribution in [1.82, 2.24) is 0 Å². The monoisotopic (exact) mass is 134 g/mol. The van der Waals surface area contributed by atoms with Gasteiger partial charge in [0.25, 0.3) is 0 Å². The second-order valence-electron chi connectivity index (χ2n) is 2.52. The number of rotatable bonds is 2. The first-order valence-electron chi connectivity index (χ1n) is 3.95. The second kappa shape index (κ2) is 4.10. The molecule has 0 aromatic heterocycles. The van der Waals surface area contributed by atoms with Crippen molar-refractivity contribution in [3.63, 3.8) is 0 Å². The van der Waals surface area contributed by atoms with Gasteiger partial charge in [-0.15, -0.1) is 0 Å². The summed E-state index contributed by atoms with van der Waals surface area (Å²) in [7, 11) is 0. The van der Waals surface area contributed by atoms with E-state index in [1.807, 2.05) is 0 Å². The average Bonchev–Trinajstić information content (AvgIpc) is 2.03. The largest absolute Gasteiger partial charge is 0.0845 e. The normalized spacial score (nSPS) is 17.9. The van der Waals surface area contributed by atoms with E-state index in [0.717, 1.165) is 6.42 Å². The van der Waals surface area contributed by atoms with Crippen LogP contribution in [0.15, 0.2) is 36.0 Å². The maximum atomic E-state index is 2.23. The van der Waals surface area contributed by atoms with Gasteiger partial charge < -0.3 is 0 Å². The van der Waals surface area contributed by atoms with Crippen molar-refractivity contribution in [2.24, 2.45) is 0 Å². The lowest BCUT2D eigenvalue weighted by Crippen LogP contribution is -1.81. The molecule has 1 aliphatic rings. The van der Waals surface area contributed by atoms with Crippen LogP contribution in [0.25, 0.3) is 0 Å². The maximum absolute atomic E-state index is 2.23. The van der Waals surface area contributed by atoms with Gasteiger partial charge in [0.2, 0.25) is 0 Å². The fraction of sp³-hybridized carbons (Fsp3) is 0.400. The Morgan fingerprint density at radius 3 is 3.10 bits per heavy atom. The summed E-state index contributed by atoms with van der Waals surface area (Å²) in [6.45, 7) is 2.16. The highest BCUT2D eigenvalue weighted by Crippen LogP contribution is 2.12. The summed E-state index contributed by atoms with van der Waals surface area (Å²) in [6, 6.07) is 0. The average molecular weight is 134 g/mol. The van der Waals surface area contributed by atoms with Crippen molar-refractivity contribution >= 4 is 0 Å². The molecule has 0 radical (unpaired) electrons. The Bertz CT molecular complexity index is 170. The van der Waals surface area contributed by atoms with Crippen molar-refractivity contribution in [3.05, 3.63) is 36.0 Å². The Hall–Kier alpha value is -0.780. The van der Waals surface area contributed by atoms with Crippen LogP contribution in [-0.2, 0) is 0 Å². The molecule has 0 spiro atoms. The lowest BCUT2D eigenvalue weighted by atomic mass is 10.0. The number of allylic oxidation sites excluding steroid dienone is 6. The van der Waals surface area contributed by atoms with Gasteiger partial charge in [0, 0.05) is 0 Å². The SMILES string of the molecule is CC/C=C/C1=CC=CCC1. The van der Waals surface area contributed by atoms with E-state index in [4.69, 9.17) is 0 Å². The van der Waals surface area contributed by atoms with E-state index >= 15 is 0 Å². The van der Waals surface area contributed by atoms with E-state index in [2.05, 4.69) is 37.3 Å². The molecule has 0 fully saturated rings. The highest BCUT2D eigenvalue weighted by atomic mass is 14.0. The molecule has 0 aromatic carbocycles. The van der Waals surface area contributed by atoms with E-state index in [1.54, 1.807) is 0 Å². The maximum Gasteiger partial charge on any atom is -0.0244 e. The minimum atomic E-state index is 1.14. The molecule has 1 rings (SSSR count). The first-order valence-corrected chi connectivity index (χ1v) is 3.95. The quantitative estimate of drug-likeness (QED) is 0.544. The molecular weight excluding hydrogens is 120 g/mol. The smallest absolute Gasteiger partial charge is 0.0244 e. The highest BCUT2D eigenvalue weighted by molar-refractivity contribution is 5.26. The molecule has 54 valence electrons. The standard InChI is InChI=1S/C10H14/c1-2-3-7-10-8-5-4-6-9-10/h3-5,7-8H,2,6,9H2,1H3/b7-3+. The van der Waals surface area contributed by atoms with Crippen LogP contribution in [0.2, 0.25) is 0 Å². The summed E-state index contributed by atoms with van der Waals surface area (Å²) >= 11 is 0. The molecule has 0 bridgehead atoms. The van der Waals surface area contributed by atoms with Crippen LogP contribution < -0.4 is 0 Å². The number of hydrogen-bond donors (Lipinski definition) is 0. The molecule has 10 heavy (non-hydrogen) atoms. The van der Waals surface area contributed by atoms with Crippen LogP contribution in [0.1, 0.15) is 26.2 Å². The molecule has 0 heterocycles. The van der Waals surface area contributed by atoms with Crippen molar-refractivity contribution in [2.75, 3.05) is 0 Å². The molecule has 0 amide bonds. The molecular formula is C10H14. The molecule has 0 N–H and O–H groups in total. The predicted molar refractivity (Wildman–Crippen MR) is 45.9 cm³/mol. The molecule has 0 nitrogen and oxygen atoms in total. The van der Waals surface area contributed by atoms with E-state index < -0.39 is 0 Å². The van der Waals surface area contributed by atoms with Gasteiger partial charge in [-0.05, 0) is 24.8 Å². The van der Waals surface area contributed by atoms with Gasteiger partial charge in [-0.25, -0.2) is 0 Å². The van der Waals surface area contributed by atoms with Crippen LogP contribution in [0.3, 0.4) is 0 Å². The van der Waals surface area contributed by atoms with Crippen molar-refractivity contribution in [1.29, 1.82) is 0 Å². The van der Waals surface area contributed by atoms with Gasteiger partial charge in [-0.1, -0.05) is 37.3 Å². The van der Waals surface area contributed by atoms with E-state index in [0.29, 0.717) is 0 Å². The summed E-state index contributed by atoms with van der Waals surface area (Å²) in [5.41, 5.74) is 1.46. The van der Waals surface area contributed by atoms with Gasteiger partial charge in [0.15, 0.2) is 0 Å². The third-order valence-electron chi connectivity index (χ3n) is 1.61. The summed E-state index contributed by atoms with van der Waals surface area (Å²) in [4.78, 5) is 0. The Morgan fingerprint density at radius 1 is 1.60 bits per heavy atom. The highest BCUT2D eigenvalue weighted by Gasteiger charge is 1.92. The lowest BCUT2D eigenvalue weighted by molar-refractivity contribution is 0.987. The Labute approximate surface area is 62.9 Å². The van der Waals surface area contributed by atoms with Crippen LogP contribution >= 0.6 is 0 Å². The molecule has 0 saturated heterocycles. The van der Waals surface area contributed by atoms with Gasteiger partial charge >= 0.3 is 0 Å². The van der Waals surface area contributed by atoms with Crippen LogP contribution in [0, 0.1) is 0 Å². The Kier molecular flexibility index (Phi) is 3.01. The van der Waals surface area contributed by atoms with Crippen LogP contribution in [-0.4, -0.2) is 0 Å². The molecule has 0 unspecified atom stereocenters. The zero-order valence-corrected chi connectivity index (χ0v) is 6.51. The molecule has 0 heteroatoms. The summed E-state index contributed by atoms with van der Waals surface area (Å²) in [6.07, 6.45) is 14.5. The Balaban J connectivity index is 2.47. The topological polar surface area (TPSA) is 0 Å². The van der Waals surface area contributed by atoms with Gasteiger partial charge in [0.1, 0.15) is 0 Å². The van der Waals surface area contributed by atoms with Gasteiger partial charge in [0.05, 0.1) is 0 Å².